The van der Waals surface area contributed by atoms with Gasteiger partial charge in [-0.05, 0) is 5.92 Å². The van der Waals surface area contributed by atoms with Crippen molar-refractivity contribution in [3.05, 3.63) is 21.6 Å². The summed E-state index contributed by atoms with van der Waals surface area (Å²) in [5, 5.41) is 15.6. The van der Waals surface area contributed by atoms with Gasteiger partial charge in [0, 0.05) is 7.05 Å². The number of carbonyl (C=O) groups is 1. The highest BCUT2D eigenvalue weighted by Crippen LogP contribution is 2.19. The molecular weight excluding hydrogens is 258 g/mol. The first-order valence-electron chi connectivity index (χ1n) is 5.59. The maximum atomic E-state index is 11.6. The van der Waals surface area contributed by atoms with Crippen LogP contribution in [0.15, 0.2) is 11.0 Å². The first-order chi connectivity index (χ1) is 8.38. The summed E-state index contributed by atoms with van der Waals surface area (Å²) in [5.41, 5.74) is -0.220. The third kappa shape index (κ3) is 3.01. The molecule has 0 aromatic carbocycles. The quantitative estimate of drug-likeness (QED) is 0.846. The first kappa shape index (κ1) is 14.5. The van der Waals surface area contributed by atoms with Gasteiger partial charge in [-0.15, -0.1) is 0 Å². The van der Waals surface area contributed by atoms with Gasteiger partial charge in [0.15, 0.2) is 0 Å². The number of anilines is 1. The molecule has 1 heterocycles. The highest BCUT2D eigenvalue weighted by Gasteiger charge is 2.24. The summed E-state index contributed by atoms with van der Waals surface area (Å²) in [7, 11) is 1.47. The van der Waals surface area contributed by atoms with E-state index in [-0.39, 0.29) is 16.6 Å². The number of aromatic nitrogens is 2. The molecule has 0 fully saturated rings. The number of hydrogen-bond donors (Lipinski definition) is 2. The van der Waals surface area contributed by atoms with Gasteiger partial charge in [0.1, 0.15) is 11.1 Å². The molecule has 100 valence electrons. The highest BCUT2D eigenvalue weighted by atomic mass is 35.5. The predicted octanol–water partition coefficient (Wildman–Crippen LogP) is 1.34. The summed E-state index contributed by atoms with van der Waals surface area (Å²) < 4.78 is 1.09. The van der Waals surface area contributed by atoms with Gasteiger partial charge in [-0.25, -0.2) is 9.48 Å². The lowest BCUT2D eigenvalue weighted by Crippen LogP contribution is -2.36. The van der Waals surface area contributed by atoms with Gasteiger partial charge in [-0.2, -0.15) is 5.10 Å². The van der Waals surface area contributed by atoms with E-state index in [1.165, 1.54) is 13.2 Å². The topological polar surface area (TPSA) is 84.2 Å². The smallest absolute Gasteiger partial charge is 0.326 e. The van der Waals surface area contributed by atoms with Crippen LogP contribution in [0.1, 0.15) is 20.3 Å². The number of aryl methyl sites for hydroxylation is 1. The summed E-state index contributed by atoms with van der Waals surface area (Å²) in [6, 6.07) is -0.804. The predicted molar refractivity (Wildman–Crippen MR) is 69.0 cm³/mol. The lowest BCUT2D eigenvalue weighted by Gasteiger charge is -2.21. The Morgan fingerprint density at radius 2 is 2.28 bits per heavy atom. The summed E-state index contributed by atoms with van der Waals surface area (Å²) >= 11 is 5.87. The van der Waals surface area contributed by atoms with E-state index in [1.54, 1.807) is 0 Å². The number of hydrogen-bond acceptors (Lipinski definition) is 4. The second kappa shape index (κ2) is 5.86. The molecule has 6 nitrogen and oxygen atoms in total. The maximum Gasteiger partial charge on any atom is 0.326 e. The minimum Gasteiger partial charge on any atom is -0.480 e. The molecule has 1 rings (SSSR count). The van der Waals surface area contributed by atoms with E-state index in [1.807, 2.05) is 13.8 Å². The van der Waals surface area contributed by atoms with Crippen LogP contribution in [0.25, 0.3) is 0 Å². The van der Waals surface area contributed by atoms with Gasteiger partial charge < -0.3 is 10.4 Å². The summed E-state index contributed by atoms with van der Waals surface area (Å²) in [6.45, 7) is 3.71. The van der Waals surface area contributed by atoms with Crippen LogP contribution in [0.5, 0.6) is 0 Å². The Morgan fingerprint density at radius 3 is 2.78 bits per heavy atom. The Hall–Kier alpha value is -1.56. The molecule has 0 aliphatic carbocycles. The fraction of sp³-hybridized carbons (Fsp3) is 0.545. The van der Waals surface area contributed by atoms with Crippen LogP contribution in [0.4, 0.5) is 5.69 Å². The number of aliphatic carboxylic acids is 1. The third-order valence-electron chi connectivity index (χ3n) is 2.87. The number of halogens is 1. The number of carboxylic acid groups (broad SMARTS) is 1. The molecule has 1 aromatic rings. The fourth-order valence-electron chi connectivity index (χ4n) is 1.46. The van der Waals surface area contributed by atoms with Crippen molar-refractivity contribution in [3.8, 4) is 0 Å². The molecule has 0 aliphatic heterocycles. The average Bonchev–Trinajstić information content (AvgIpc) is 2.34. The van der Waals surface area contributed by atoms with Crippen LogP contribution in [-0.4, -0.2) is 26.9 Å². The zero-order chi connectivity index (χ0) is 13.9. The SMILES string of the molecule is CC[C@H](C)[C@H](Nc1cnn(C)c(=O)c1Cl)C(=O)O. The van der Waals surface area contributed by atoms with Crippen LogP contribution in [0.3, 0.4) is 0 Å². The van der Waals surface area contributed by atoms with Crippen molar-refractivity contribution in [2.24, 2.45) is 13.0 Å². The largest absolute Gasteiger partial charge is 0.480 e. The molecule has 0 radical (unpaired) electrons. The number of rotatable bonds is 5. The first-order valence-corrected chi connectivity index (χ1v) is 5.97. The van der Waals surface area contributed by atoms with Gasteiger partial charge in [0.05, 0.1) is 11.9 Å². The Kier molecular flexibility index (Phi) is 4.72. The van der Waals surface area contributed by atoms with E-state index >= 15 is 0 Å². The van der Waals surface area contributed by atoms with Gasteiger partial charge >= 0.3 is 5.97 Å². The van der Waals surface area contributed by atoms with E-state index in [0.717, 1.165) is 4.68 Å². The Labute approximate surface area is 110 Å². The molecule has 0 spiro atoms. The molecule has 2 N–H and O–H groups in total. The van der Waals surface area contributed by atoms with E-state index in [9.17, 15) is 9.59 Å². The van der Waals surface area contributed by atoms with E-state index in [2.05, 4.69) is 10.4 Å². The van der Waals surface area contributed by atoms with Crippen LogP contribution < -0.4 is 10.9 Å². The van der Waals surface area contributed by atoms with Crippen molar-refractivity contribution >= 4 is 23.3 Å². The lowest BCUT2D eigenvalue weighted by molar-refractivity contribution is -0.139. The molecule has 0 unspecified atom stereocenters. The molecular formula is C11H16ClN3O3. The van der Waals surface area contributed by atoms with Crippen LogP contribution in [-0.2, 0) is 11.8 Å². The normalized spacial score (nSPS) is 14.0. The minimum atomic E-state index is -0.985. The van der Waals surface area contributed by atoms with Crippen molar-refractivity contribution in [2.45, 2.75) is 26.3 Å². The number of nitrogens with zero attached hydrogens (tertiary/aromatic N) is 2. The third-order valence-corrected chi connectivity index (χ3v) is 3.23. The average molecular weight is 274 g/mol. The summed E-state index contributed by atoms with van der Waals surface area (Å²) in [6.07, 6.45) is 2.04. The zero-order valence-corrected chi connectivity index (χ0v) is 11.2. The fourth-order valence-corrected chi connectivity index (χ4v) is 1.69. The van der Waals surface area contributed by atoms with Crippen LogP contribution in [0.2, 0.25) is 5.02 Å². The number of carboxylic acids is 1. The van der Waals surface area contributed by atoms with Gasteiger partial charge in [-0.3, -0.25) is 4.79 Å². The Bertz CT molecular complexity index is 501. The standard InChI is InChI=1S/C11H16ClN3O3/c1-4-6(2)9(11(17)18)14-7-5-13-15(3)10(16)8(7)12/h5-6,9,14H,4H2,1-3H3,(H,17,18)/t6-,9-/m0/s1. The molecule has 7 heteroatoms. The monoisotopic (exact) mass is 273 g/mol. The summed E-state index contributed by atoms with van der Waals surface area (Å²) in [5.74, 6) is -1.08. The highest BCUT2D eigenvalue weighted by molar-refractivity contribution is 6.33. The molecule has 0 aliphatic rings. The number of nitrogens with one attached hydrogen (secondary N) is 1. The van der Waals surface area contributed by atoms with E-state index in [0.29, 0.717) is 6.42 Å². The zero-order valence-electron chi connectivity index (χ0n) is 10.5. The second-order valence-electron chi connectivity index (χ2n) is 4.15. The van der Waals surface area contributed by atoms with E-state index in [4.69, 9.17) is 16.7 Å². The van der Waals surface area contributed by atoms with E-state index < -0.39 is 17.6 Å². The molecule has 0 bridgehead atoms. The summed E-state index contributed by atoms with van der Waals surface area (Å²) in [4.78, 5) is 22.7. The lowest BCUT2D eigenvalue weighted by atomic mass is 9.99. The minimum absolute atomic E-state index is 0.0537. The second-order valence-corrected chi connectivity index (χ2v) is 4.52. The van der Waals surface area contributed by atoms with Crippen LogP contribution in [0, 0.1) is 5.92 Å². The Balaban J connectivity index is 3.05. The Morgan fingerprint density at radius 1 is 1.67 bits per heavy atom. The maximum absolute atomic E-state index is 11.6. The van der Waals surface area contributed by atoms with Crippen LogP contribution >= 0.6 is 11.6 Å². The van der Waals surface area contributed by atoms with Gasteiger partial charge in [0.2, 0.25) is 0 Å². The van der Waals surface area contributed by atoms with Crippen molar-refractivity contribution < 1.29 is 9.90 Å². The molecule has 0 saturated carbocycles. The van der Waals surface area contributed by atoms with Gasteiger partial charge in [0.25, 0.3) is 5.56 Å². The van der Waals surface area contributed by atoms with Gasteiger partial charge in [-0.1, -0.05) is 31.9 Å². The molecule has 0 saturated heterocycles. The van der Waals surface area contributed by atoms with Crippen molar-refractivity contribution in [1.29, 1.82) is 0 Å². The molecule has 0 amide bonds. The molecule has 1 aromatic heterocycles. The van der Waals surface area contributed by atoms with Crippen molar-refractivity contribution in [3.63, 3.8) is 0 Å². The molecule has 2 atom stereocenters. The molecule has 18 heavy (non-hydrogen) atoms. The van der Waals surface area contributed by atoms with Crippen molar-refractivity contribution in [2.75, 3.05) is 5.32 Å². The van der Waals surface area contributed by atoms with Crippen molar-refractivity contribution in [1.82, 2.24) is 9.78 Å².